The van der Waals surface area contributed by atoms with E-state index in [-0.39, 0.29) is 11.2 Å². The van der Waals surface area contributed by atoms with Crippen molar-refractivity contribution >= 4 is 5.78 Å². The zero-order valence-electron chi connectivity index (χ0n) is 28.0. The first kappa shape index (κ1) is 32.9. The number of allylic oxidation sites excluding steroid dienone is 1. The van der Waals surface area contributed by atoms with E-state index in [1.54, 1.807) is 28.4 Å². The number of Topliss-reactive ketones (excluding diaryl/α,β-unsaturated/α-hetero) is 1. The van der Waals surface area contributed by atoms with Crippen LogP contribution in [-0.4, -0.2) is 34.2 Å². The maximum absolute atomic E-state index is 13.0. The first-order chi connectivity index (χ1) is 22.2. The molecule has 4 aromatic rings. The maximum Gasteiger partial charge on any atom is 0.173 e. The highest BCUT2D eigenvalue weighted by Gasteiger charge is 2.41. The van der Waals surface area contributed by atoms with Gasteiger partial charge in [-0.15, -0.1) is 6.58 Å². The van der Waals surface area contributed by atoms with Crippen molar-refractivity contribution in [3.8, 4) is 23.0 Å². The third-order valence-corrected chi connectivity index (χ3v) is 10.2. The van der Waals surface area contributed by atoms with Gasteiger partial charge in [-0.25, -0.2) is 0 Å². The van der Waals surface area contributed by atoms with Crippen molar-refractivity contribution in [3.63, 3.8) is 0 Å². The van der Waals surface area contributed by atoms with Gasteiger partial charge >= 0.3 is 0 Å². The molecule has 3 atom stereocenters. The van der Waals surface area contributed by atoms with Crippen molar-refractivity contribution in [2.75, 3.05) is 28.4 Å². The molecule has 0 spiro atoms. The maximum atomic E-state index is 13.0. The summed E-state index contributed by atoms with van der Waals surface area (Å²) in [6.07, 6.45) is 6.90. The smallest absolute Gasteiger partial charge is 0.173 e. The third-order valence-electron chi connectivity index (χ3n) is 10.2. The van der Waals surface area contributed by atoms with Gasteiger partial charge < -0.3 is 18.9 Å². The molecule has 0 saturated carbocycles. The van der Waals surface area contributed by atoms with Gasteiger partial charge in [0, 0.05) is 5.56 Å². The van der Waals surface area contributed by atoms with Gasteiger partial charge in [0.2, 0.25) is 0 Å². The summed E-state index contributed by atoms with van der Waals surface area (Å²) in [6.45, 7) is 8.42. The third kappa shape index (κ3) is 6.28. The highest BCUT2D eigenvalue weighted by atomic mass is 16.5. The van der Waals surface area contributed by atoms with Crippen LogP contribution in [0.2, 0.25) is 0 Å². The van der Waals surface area contributed by atoms with E-state index >= 15 is 0 Å². The summed E-state index contributed by atoms with van der Waals surface area (Å²) >= 11 is 0. The van der Waals surface area contributed by atoms with Crippen LogP contribution in [0.5, 0.6) is 23.0 Å². The lowest BCUT2D eigenvalue weighted by atomic mass is 9.61. The van der Waals surface area contributed by atoms with Crippen LogP contribution >= 0.6 is 0 Å². The van der Waals surface area contributed by atoms with Crippen LogP contribution in [0, 0.1) is 0 Å². The van der Waals surface area contributed by atoms with E-state index in [4.69, 9.17) is 18.9 Å². The number of ether oxygens (including phenoxy) is 4. The van der Waals surface area contributed by atoms with Gasteiger partial charge in [-0.2, -0.15) is 0 Å². The minimum atomic E-state index is -0.478. The highest BCUT2D eigenvalue weighted by molar-refractivity contribution is 6.06. The molecule has 0 aliphatic heterocycles. The molecule has 46 heavy (non-hydrogen) atoms. The van der Waals surface area contributed by atoms with Gasteiger partial charge in [0.25, 0.3) is 0 Å². The van der Waals surface area contributed by atoms with E-state index in [0.717, 1.165) is 71.8 Å². The molecule has 0 heterocycles. The molecule has 0 bridgehead atoms. The normalized spacial score (nSPS) is 21.5. The average molecular weight is 619 g/mol. The number of aryl methyl sites for hydroxylation is 2. The van der Waals surface area contributed by atoms with Crippen LogP contribution in [0.3, 0.4) is 0 Å². The molecule has 6 rings (SSSR count). The summed E-state index contributed by atoms with van der Waals surface area (Å²) in [6, 6.07) is 28.6. The summed E-state index contributed by atoms with van der Waals surface area (Å²) in [7, 11) is 6.73. The fourth-order valence-electron chi connectivity index (χ4n) is 7.20. The predicted octanol–water partition coefficient (Wildman–Crippen LogP) is 9.06. The molecular formula is C41H46O5. The van der Waals surface area contributed by atoms with E-state index in [2.05, 4.69) is 56.0 Å². The van der Waals surface area contributed by atoms with Crippen LogP contribution in [0.25, 0.3) is 0 Å². The summed E-state index contributed by atoms with van der Waals surface area (Å²) in [4.78, 5) is 13.0. The van der Waals surface area contributed by atoms with Crippen LogP contribution in [0.15, 0.2) is 97.6 Å². The highest BCUT2D eigenvalue weighted by Crippen LogP contribution is 2.50. The Labute approximate surface area is 274 Å². The molecule has 0 amide bonds. The molecule has 2 aliphatic rings. The van der Waals surface area contributed by atoms with E-state index in [1.165, 1.54) is 16.7 Å². The second-order valence-corrected chi connectivity index (χ2v) is 12.7. The Hall–Kier alpha value is -4.51. The quantitative estimate of drug-likeness (QED) is 0.184. The number of methoxy groups -OCH3 is 4. The van der Waals surface area contributed by atoms with Gasteiger partial charge in [-0.3, -0.25) is 4.79 Å². The fraction of sp³-hybridized carbons (Fsp3) is 0.341. The molecule has 0 fully saturated rings. The number of fused-ring (bicyclic) bond motifs is 2. The van der Waals surface area contributed by atoms with E-state index in [1.807, 2.05) is 55.5 Å². The molecule has 0 radical (unpaired) electrons. The number of ketones is 1. The van der Waals surface area contributed by atoms with Gasteiger partial charge in [-0.1, -0.05) is 43.3 Å². The number of rotatable bonds is 8. The number of carbonyl (C=O) groups excluding carboxylic acids is 1. The molecule has 0 aromatic heterocycles. The van der Waals surface area contributed by atoms with Gasteiger partial charge in [0.1, 0.15) is 23.0 Å². The molecule has 0 saturated heterocycles. The van der Waals surface area contributed by atoms with Crippen LogP contribution in [0.4, 0.5) is 0 Å². The Morgan fingerprint density at radius 2 is 1.17 bits per heavy atom. The summed E-state index contributed by atoms with van der Waals surface area (Å²) in [5.41, 5.74) is 6.76. The lowest BCUT2D eigenvalue weighted by Crippen LogP contribution is -2.37. The van der Waals surface area contributed by atoms with Crippen LogP contribution < -0.4 is 18.9 Å². The standard InChI is InChI=1S/C22H26O2.C19H20O3/c1-5-6-21-20-12-11-19(24-4)15-16(20)13-14-22(21,2)17-7-9-18(23-3)10-8-17;1-19(14-4-6-15(21-2)7-5-14)11-10-13-12-16(22-3)8-9-17(13)18(19)20/h5,7-12,15,21H,1,6,13-14H2,2-4H3;4-9,12H,10-11H2,1-3H3/t21-,22+;/m1./s1. The molecular weight excluding hydrogens is 572 g/mol. The first-order valence-corrected chi connectivity index (χ1v) is 16.0. The van der Waals surface area contributed by atoms with Gasteiger partial charge in [0.15, 0.2) is 5.78 Å². The van der Waals surface area contributed by atoms with Crippen molar-refractivity contribution < 1.29 is 23.7 Å². The lowest BCUT2D eigenvalue weighted by molar-refractivity contribution is 0.0875. The molecule has 5 heteroatoms. The number of benzene rings is 4. The summed E-state index contributed by atoms with van der Waals surface area (Å²) in [5, 5.41) is 0. The molecule has 5 nitrogen and oxygen atoms in total. The Kier molecular flexibility index (Phi) is 9.91. The van der Waals surface area contributed by atoms with Gasteiger partial charge in [0.05, 0.1) is 33.9 Å². The van der Waals surface area contributed by atoms with Crippen molar-refractivity contribution in [1.82, 2.24) is 0 Å². The topological polar surface area (TPSA) is 54.0 Å². The largest absolute Gasteiger partial charge is 0.497 e. The first-order valence-electron chi connectivity index (χ1n) is 16.0. The predicted molar refractivity (Wildman–Crippen MR) is 185 cm³/mol. The van der Waals surface area contributed by atoms with E-state index in [0.29, 0.717) is 5.92 Å². The van der Waals surface area contributed by atoms with Crippen LogP contribution in [-0.2, 0) is 23.7 Å². The van der Waals surface area contributed by atoms with Crippen LogP contribution in [0.1, 0.15) is 77.2 Å². The number of hydrogen-bond donors (Lipinski definition) is 0. The minimum absolute atomic E-state index is 0.0993. The zero-order chi connectivity index (χ0) is 32.9. The fourth-order valence-corrected chi connectivity index (χ4v) is 7.20. The summed E-state index contributed by atoms with van der Waals surface area (Å²) in [5.74, 6) is 4.07. The molecule has 0 N–H and O–H groups in total. The number of carbonyl (C=O) groups is 1. The minimum Gasteiger partial charge on any atom is -0.497 e. The Morgan fingerprint density at radius 1 is 0.674 bits per heavy atom. The monoisotopic (exact) mass is 618 g/mol. The second-order valence-electron chi connectivity index (χ2n) is 12.7. The Balaban J connectivity index is 0.000000182. The van der Waals surface area contributed by atoms with Gasteiger partial charge in [-0.05, 0) is 133 Å². The summed E-state index contributed by atoms with van der Waals surface area (Å²) < 4.78 is 21.2. The Morgan fingerprint density at radius 3 is 1.74 bits per heavy atom. The Bertz CT molecular complexity index is 1670. The second kappa shape index (κ2) is 13.9. The van der Waals surface area contributed by atoms with E-state index < -0.39 is 5.41 Å². The average Bonchev–Trinajstić information content (AvgIpc) is 3.11. The molecule has 2 aliphatic carbocycles. The zero-order valence-corrected chi connectivity index (χ0v) is 28.0. The van der Waals surface area contributed by atoms with E-state index in [9.17, 15) is 4.79 Å². The SMILES string of the molecule is C=CC[C@@H]1c2ccc(OC)cc2CC[C@@]1(C)c1ccc(OC)cc1.COc1ccc(C2(C)CCc3cc(OC)ccc3C2=O)cc1. The molecule has 4 aromatic carbocycles. The van der Waals surface area contributed by atoms with Crippen molar-refractivity contribution in [3.05, 3.63) is 131 Å². The molecule has 240 valence electrons. The van der Waals surface area contributed by atoms with Crippen molar-refractivity contribution in [2.45, 2.75) is 62.7 Å². The van der Waals surface area contributed by atoms with Crippen molar-refractivity contribution in [1.29, 1.82) is 0 Å². The molecule has 1 unspecified atom stereocenters. The van der Waals surface area contributed by atoms with Crippen molar-refractivity contribution in [2.24, 2.45) is 0 Å². The lowest BCUT2D eigenvalue weighted by Gasteiger charge is -2.43. The number of hydrogen-bond acceptors (Lipinski definition) is 5.